The molecule has 0 unspecified atom stereocenters. The molecule has 0 aliphatic rings. The number of aliphatic hydroxyl groups is 1. The Kier molecular flexibility index (Phi) is 3.97. The van der Waals surface area contributed by atoms with Gasteiger partial charge in [-0.2, -0.15) is 0 Å². The molecule has 2 aromatic carbocycles. The Morgan fingerprint density at radius 2 is 1.89 bits per heavy atom. The van der Waals surface area contributed by atoms with E-state index in [0.717, 1.165) is 16.7 Å². The van der Waals surface area contributed by atoms with Crippen LogP contribution in [0.1, 0.15) is 28.8 Å². The SMILES string of the molecule is C[C@H](CO)c1cc(C(N)=O)ccc1-c1ccccc1. The van der Waals surface area contributed by atoms with Crippen molar-refractivity contribution in [1.29, 1.82) is 0 Å². The maximum Gasteiger partial charge on any atom is 0.248 e. The molecule has 0 saturated carbocycles. The quantitative estimate of drug-likeness (QED) is 0.881. The summed E-state index contributed by atoms with van der Waals surface area (Å²) in [6.07, 6.45) is 0. The summed E-state index contributed by atoms with van der Waals surface area (Å²) in [5, 5.41) is 9.37. The molecule has 0 aromatic heterocycles. The zero-order chi connectivity index (χ0) is 13.8. The van der Waals surface area contributed by atoms with Gasteiger partial charge in [0.2, 0.25) is 5.91 Å². The number of carbonyl (C=O) groups excluding carboxylic acids is 1. The number of carbonyl (C=O) groups is 1. The predicted molar refractivity (Wildman–Crippen MR) is 75.9 cm³/mol. The van der Waals surface area contributed by atoms with Crippen molar-refractivity contribution in [3.8, 4) is 11.1 Å². The first-order valence-corrected chi connectivity index (χ1v) is 6.23. The molecule has 98 valence electrons. The van der Waals surface area contributed by atoms with Crippen LogP contribution in [0.15, 0.2) is 48.5 Å². The molecular formula is C16H17NO2. The molecule has 0 radical (unpaired) electrons. The minimum absolute atomic E-state index is 0.0298. The molecule has 1 atom stereocenters. The Balaban J connectivity index is 2.57. The second-order valence-corrected chi connectivity index (χ2v) is 4.62. The standard InChI is InChI=1S/C16H17NO2/c1-11(10-18)15-9-13(16(17)19)7-8-14(15)12-5-3-2-4-6-12/h2-9,11,18H,10H2,1H3,(H2,17,19)/t11-/m1/s1. The number of benzene rings is 2. The summed E-state index contributed by atoms with van der Waals surface area (Å²) in [5.74, 6) is -0.500. The summed E-state index contributed by atoms with van der Waals surface area (Å²) in [5.41, 5.74) is 8.80. The van der Waals surface area contributed by atoms with E-state index in [1.165, 1.54) is 0 Å². The maximum absolute atomic E-state index is 11.3. The monoisotopic (exact) mass is 255 g/mol. The summed E-state index contributed by atoms with van der Waals surface area (Å²) >= 11 is 0. The third kappa shape index (κ3) is 2.83. The summed E-state index contributed by atoms with van der Waals surface area (Å²) < 4.78 is 0. The highest BCUT2D eigenvalue weighted by molar-refractivity contribution is 5.93. The highest BCUT2D eigenvalue weighted by Crippen LogP contribution is 2.30. The van der Waals surface area contributed by atoms with Crippen LogP contribution in [0.5, 0.6) is 0 Å². The summed E-state index contributed by atoms with van der Waals surface area (Å²) in [7, 11) is 0. The molecular weight excluding hydrogens is 238 g/mol. The van der Waals surface area contributed by atoms with Gasteiger partial charge in [-0.25, -0.2) is 0 Å². The molecule has 0 spiro atoms. The van der Waals surface area contributed by atoms with E-state index in [9.17, 15) is 9.90 Å². The molecule has 0 fully saturated rings. The van der Waals surface area contributed by atoms with E-state index in [-0.39, 0.29) is 12.5 Å². The minimum atomic E-state index is -0.453. The number of rotatable bonds is 4. The van der Waals surface area contributed by atoms with Gasteiger partial charge in [0.05, 0.1) is 0 Å². The molecule has 19 heavy (non-hydrogen) atoms. The van der Waals surface area contributed by atoms with Gasteiger partial charge in [0.25, 0.3) is 0 Å². The van der Waals surface area contributed by atoms with Crippen molar-refractivity contribution < 1.29 is 9.90 Å². The molecule has 1 amide bonds. The van der Waals surface area contributed by atoms with Crippen molar-refractivity contribution in [3.05, 3.63) is 59.7 Å². The number of hydrogen-bond donors (Lipinski definition) is 2. The van der Waals surface area contributed by atoms with Crippen molar-refractivity contribution in [2.75, 3.05) is 6.61 Å². The lowest BCUT2D eigenvalue weighted by Gasteiger charge is -2.15. The lowest BCUT2D eigenvalue weighted by atomic mass is 9.90. The fourth-order valence-corrected chi connectivity index (χ4v) is 2.10. The van der Waals surface area contributed by atoms with Crippen LogP contribution in [-0.2, 0) is 0 Å². The zero-order valence-corrected chi connectivity index (χ0v) is 10.8. The van der Waals surface area contributed by atoms with Gasteiger partial charge in [-0.15, -0.1) is 0 Å². The van der Waals surface area contributed by atoms with Gasteiger partial charge in [0.15, 0.2) is 0 Å². The Morgan fingerprint density at radius 1 is 1.21 bits per heavy atom. The van der Waals surface area contributed by atoms with Crippen LogP contribution in [0.4, 0.5) is 0 Å². The summed E-state index contributed by atoms with van der Waals surface area (Å²) in [6.45, 7) is 1.95. The van der Waals surface area contributed by atoms with Gasteiger partial charge in [-0.05, 0) is 28.8 Å². The van der Waals surface area contributed by atoms with Crippen LogP contribution in [0.2, 0.25) is 0 Å². The predicted octanol–water partition coefficient (Wildman–Crippen LogP) is 2.55. The van der Waals surface area contributed by atoms with Crippen LogP contribution in [-0.4, -0.2) is 17.6 Å². The Hall–Kier alpha value is -2.13. The topological polar surface area (TPSA) is 63.3 Å². The van der Waals surface area contributed by atoms with Gasteiger partial charge in [-0.3, -0.25) is 4.79 Å². The molecule has 3 N–H and O–H groups in total. The van der Waals surface area contributed by atoms with E-state index in [1.807, 2.05) is 43.3 Å². The second-order valence-electron chi connectivity index (χ2n) is 4.62. The first-order valence-electron chi connectivity index (χ1n) is 6.23. The Labute approximate surface area is 112 Å². The van der Waals surface area contributed by atoms with Gasteiger partial charge in [0, 0.05) is 18.1 Å². The third-order valence-electron chi connectivity index (χ3n) is 3.23. The third-order valence-corrected chi connectivity index (χ3v) is 3.23. The molecule has 2 aromatic rings. The van der Waals surface area contributed by atoms with Crippen molar-refractivity contribution in [3.63, 3.8) is 0 Å². The molecule has 0 aliphatic carbocycles. The van der Waals surface area contributed by atoms with Crippen LogP contribution >= 0.6 is 0 Å². The maximum atomic E-state index is 11.3. The highest BCUT2D eigenvalue weighted by Gasteiger charge is 2.13. The van der Waals surface area contributed by atoms with Crippen LogP contribution in [0, 0.1) is 0 Å². The average molecular weight is 255 g/mol. The van der Waals surface area contributed by atoms with Gasteiger partial charge >= 0.3 is 0 Å². The van der Waals surface area contributed by atoms with E-state index in [1.54, 1.807) is 12.1 Å². The first kappa shape index (κ1) is 13.3. The van der Waals surface area contributed by atoms with Crippen molar-refractivity contribution in [1.82, 2.24) is 0 Å². The van der Waals surface area contributed by atoms with Crippen molar-refractivity contribution in [2.24, 2.45) is 5.73 Å². The smallest absolute Gasteiger partial charge is 0.248 e. The largest absolute Gasteiger partial charge is 0.396 e. The van der Waals surface area contributed by atoms with Crippen LogP contribution in [0.25, 0.3) is 11.1 Å². The number of aliphatic hydroxyl groups excluding tert-OH is 1. The second kappa shape index (κ2) is 5.67. The zero-order valence-electron chi connectivity index (χ0n) is 10.8. The van der Waals surface area contributed by atoms with E-state index >= 15 is 0 Å². The van der Waals surface area contributed by atoms with Gasteiger partial charge < -0.3 is 10.8 Å². The number of hydrogen-bond acceptors (Lipinski definition) is 2. The van der Waals surface area contributed by atoms with Gasteiger partial charge in [0.1, 0.15) is 0 Å². The van der Waals surface area contributed by atoms with Crippen LogP contribution < -0.4 is 5.73 Å². The molecule has 3 heteroatoms. The summed E-state index contributed by atoms with van der Waals surface area (Å²) in [4.78, 5) is 11.3. The summed E-state index contributed by atoms with van der Waals surface area (Å²) in [6, 6.07) is 15.3. The number of amides is 1. The Morgan fingerprint density at radius 3 is 2.47 bits per heavy atom. The highest BCUT2D eigenvalue weighted by atomic mass is 16.3. The molecule has 0 heterocycles. The lowest BCUT2D eigenvalue weighted by Crippen LogP contribution is -2.12. The van der Waals surface area contributed by atoms with Gasteiger partial charge in [-0.1, -0.05) is 43.3 Å². The molecule has 0 bridgehead atoms. The lowest BCUT2D eigenvalue weighted by molar-refractivity contribution is 0.1000. The molecule has 2 rings (SSSR count). The van der Waals surface area contributed by atoms with E-state index in [2.05, 4.69) is 0 Å². The first-order chi connectivity index (χ1) is 9.13. The molecule has 3 nitrogen and oxygen atoms in total. The van der Waals surface area contributed by atoms with Crippen molar-refractivity contribution >= 4 is 5.91 Å². The molecule has 0 aliphatic heterocycles. The minimum Gasteiger partial charge on any atom is -0.396 e. The van der Waals surface area contributed by atoms with E-state index in [4.69, 9.17) is 5.73 Å². The molecule has 0 saturated heterocycles. The van der Waals surface area contributed by atoms with E-state index < -0.39 is 5.91 Å². The Bertz CT molecular complexity index is 579. The van der Waals surface area contributed by atoms with E-state index in [0.29, 0.717) is 5.56 Å². The fraction of sp³-hybridized carbons (Fsp3) is 0.188. The normalized spacial score (nSPS) is 12.1. The van der Waals surface area contributed by atoms with Crippen LogP contribution in [0.3, 0.4) is 0 Å². The number of primary amides is 1. The van der Waals surface area contributed by atoms with Crippen molar-refractivity contribution in [2.45, 2.75) is 12.8 Å². The average Bonchev–Trinajstić information content (AvgIpc) is 2.46. The fourth-order valence-electron chi connectivity index (χ4n) is 2.10. The number of nitrogens with two attached hydrogens (primary N) is 1.